The highest BCUT2D eigenvalue weighted by molar-refractivity contribution is 5.95. The molecule has 0 bridgehead atoms. The first-order valence-corrected chi connectivity index (χ1v) is 9.72. The second-order valence-corrected chi connectivity index (χ2v) is 7.49. The fourth-order valence-corrected chi connectivity index (χ4v) is 3.08. The van der Waals surface area contributed by atoms with E-state index in [0.29, 0.717) is 29.5 Å². The van der Waals surface area contributed by atoms with E-state index in [1.807, 2.05) is 25.1 Å². The zero-order chi connectivity index (χ0) is 21.0. The molecule has 0 spiro atoms. The molecule has 0 atom stereocenters. The average Bonchev–Trinajstić information content (AvgIpc) is 3.09. The number of rotatable bonds is 7. The minimum Gasteiger partial charge on any atom is -0.348 e. The number of benzene rings is 2. The smallest absolute Gasteiger partial charge is 0.255 e. The van der Waals surface area contributed by atoms with Crippen LogP contribution in [0.1, 0.15) is 41.0 Å². The number of halogens is 1. The molecule has 0 aliphatic rings. The maximum absolute atomic E-state index is 13.2. The van der Waals surface area contributed by atoms with Crippen molar-refractivity contribution in [2.45, 2.75) is 39.9 Å². The number of carbonyl (C=O) groups excluding carboxylic acids is 1. The van der Waals surface area contributed by atoms with Gasteiger partial charge < -0.3 is 5.32 Å². The van der Waals surface area contributed by atoms with Crippen molar-refractivity contribution in [3.63, 3.8) is 0 Å². The van der Waals surface area contributed by atoms with Gasteiger partial charge in [-0.05, 0) is 63.2 Å². The first-order chi connectivity index (χ1) is 13.9. The predicted molar refractivity (Wildman–Crippen MR) is 112 cm³/mol. The highest BCUT2D eigenvalue weighted by Crippen LogP contribution is 2.16. The van der Waals surface area contributed by atoms with Crippen molar-refractivity contribution in [2.75, 3.05) is 7.05 Å². The van der Waals surface area contributed by atoms with Crippen molar-refractivity contribution >= 4 is 5.91 Å². The van der Waals surface area contributed by atoms with Crippen LogP contribution in [0, 0.1) is 12.7 Å². The van der Waals surface area contributed by atoms with E-state index in [1.54, 1.807) is 23.0 Å². The van der Waals surface area contributed by atoms with E-state index >= 15 is 0 Å². The summed E-state index contributed by atoms with van der Waals surface area (Å²) in [6.45, 7) is 7.42. The summed E-state index contributed by atoms with van der Waals surface area (Å²) in [7, 11) is 2.09. The zero-order valence-electron chi connectivity index (χ0n) is 17.3. The summed E-state index contributed by atoms with van der Waals surface area (Å²) in [4.78, 5) is 15.0. The molecule has 0 unspecified atom stereocenters. The summed E-state index contributed by atoms with van der Waals surface area (Å²) in [5.41, 5.74) is 4.22. The molecule has 0 aliphatic heterocycles. The topological polar surface area (TPSA) is 50.2 Å². The molecule has 0 fully saturated rings. The molecule has 29 heavy (non-hydrogen) atoms. The van der Waals surface area contributed by atoms with Crippen molar-refractivity contribution in [1.29, 1.82) is 0 Å². The van der Waals surface area contributed by atoms with Gasteiger partial charge in [0.2, 0.25) is 0 Å². The number of carbonyl (C=O) groups is 1. The summed E-state index contributed by atoms with van der Waals surface area (Å²) < 4.78 is 14.8. The lowest BCUT2D eigenvalue weighted by Crippen LogP contribution is -2.28. The van der Waals surface area contributed by atoms with E-state index in [0.717, 1.165) is 12.1 Å². The van der Waals surface area contributed by atoms with Crippen LogP contribution in [-0.4, -0.2) is 33.7 Å². The van der Waals surface area contributed by atoms with Gasteiger partial charge in [-0.25, -0.2) is 9.07 Å². The second-order valence-electron chi connectivity index (χ2n) is 7.49. The van der Waals surface area contributed by atoms with Gasteiger partial charge >= 0.3 is 0 Å². The molecule has 5 nitrogen and oxygen atoms in total. The molecule has 3 aromatic rings. The lowest BCUT2D eigenvalue weighted by atomic mass is 10.1. The highest BCUT2D eigenvalue weighted by Gasteiger charge is 2.16. The minimum absolute atomic E-state index is 0.178. The Morgan fingerprint density at radius 1 is 1.14 bits per heavy atom. The number of hydrogen-bond donors (Lipinski definition) is 1. The van der Waals surface area contributed by atoms with Crippen molar-refractivity contribution in [1.82, 2.24) is 20.0 Å². The number of aromatic nitrogens is 2. The Morgan fingerprint density at radius 2 is 1.79 bits per heavy atom. The maximum Gasteiger partial charge on any atom is 0.255 e. The van der Waals surface area contributed by atoms with Crippen LogP contribution in [0.4, 0.5) is 4.39 Å². The third-order valence-electron chi connectivity index (χ3n) is 5.18. The molecule has 1 aromatic heterocycles. The van der Waals surface area contributed by atoms with Crippen molar-refractivity contribution in [3.8, 4) is 5.69 Å². The number of amides is 1. The van der Waals surface area contributed by atoms with Crippen LogP contribution in [-0.2, 0) is 13.1 Å². The van der Waals surface area contributed by atoms with E-state index in [-0.39, 0.29) is 11.7 Å². The first-order valence-electron chi connectivity index (χ1n) is 9.72. The van der Waals surface area contributed by atoms with Gasteiger partial charge in [0.25, 0.3) is 5.91 Å². The Kier molecular flexibility index (Phi) is 6.44. The Hall–Kier alpha value is -2.99. The van der Waals surface area contributed by atoms with E-state index in [2.05, 4.69) is 42.3 Å². The summed E-state index contributed by atoms with van der Waals surface area (Å²) in [5.74, 6) is -0.485. The molecule has 0 saturated carbocycles. The van der Waals surface area contributed by atoms with Crippen LogP contribution < -0.4 is 5.32 Å². The van der Waals surface area contributed by atoms with Crippen molar-refractivity contribution in [3.05, 3.63) is 82.9 Å². The zero-order valence-corrected chi connectivity index (χ0v) is 17.3. The third kappa shape index (κ3) is 4.90. The fourth-order valence-electron chi connectivity index (χ4n) is 3.08. The van der Waals surface area contributed by atoms with Crippen LogP contribution in [0.2, 0.25) is 0 Å². The standard InChI is InChI=1S/C23H27FN4O/c1-16(2)27(4)15-19-8-6-5-7-18(19)13-25-23(29)22-14-26-28(17(22)3)21-11-9-20(24)10-12-21/h5-12,14,16H,13,15H2,1-4H3,(H,25,29). The van der Waals surface area contributed by atoms with Gasteiger partial charge in [0.15, 0.2) is 0 Å². The number of nitrogens with one attached hydrogen (secondary N) is 1. The molecule has 1 heterocycles. The van der Waals surface area contributed by atoms with Crippen LogP contribution >= 0.6 is 0 Å². The normalized spacial score (nSPS) is 11.3. The third-order valence-corrected chi connectivity index (χ3v) is 5.18. The van der Waals surface area contributed by atoms with Crippen LogP contribution in [0.25, 0.3) is 5.69 Å². The monoisotopic (exact) mass is 394 g/mol. The molecular formula is C23H27FN4O. The molecular weight excluding hydrogens is 367 g/mol. The van der Waals surface area contributed by atoms with Crippen molar-refractivity contribution in [2.24, 2.45) is 0 Å². The van der Waals surface area contributed by atoms with E-state index in [9.17, 15) is 9.18 Å². The molecule has 3 rings (SSSR count). The van der Waals surface area contributed by atoms with E-state index < -0.39 is 0 Å². The predicted octanol–water partition coefficient (Wildman–Crippen LogP) is 4.09. The van der Waals surface area contributed by atoms with Gasteiger partial charge in [0.1, 0.15) is 5.82 Å². The Bertz CT molecular complexity index is 979. The summed E-state index contributed by atoms with van der Waals surface area (Å²) >= 11 is 0. The van der Waals surface area contributed by atoms with E-state index in [4.69, 9.17) is 0 Å². The van der Waals surface area contributed by atoms with Gasteiger partial charge in [-0.2, -0.15) is 5.10 Å². The lowest BCUT2D eigenvalue weighted by molar-refractivity contribution is 0.0950. The van der Waals surface area contributed by atoms with Gasteiger partial charge in [-0.1, -0.05) is 24.3 Å². The molecule has 1 amide bonds. The van der Waals surface area contributed by atoms with Crippen LogP contribution in [0.3, 0.4) is 0 Å². The summed E-state index contributed by atoms with van der Waals surface area (Å²) in [6, 6.07) is 14.6. The minimum atomic E-state index is -0.307. The first kappa shape index (κ1) is 20.7. The second kappa shape index (κ2) is 9.01. The SMILES string of the molecule is Cc1c(C(=O)NCc2ccccc2CN(C)C(C)C)cnn1-c1ccc(F)cc1. The fraction of sp³-hybridized carbons (Fsp3) is 0.304. The Labute approximate surface area is 171 Å². The van der Waals surface area contributed by atoms with Crippen molar-refractivity contribution < 1.29 is 9.18 Å². The average molecular weight is 394 g/mol. The van der Waals surface area contributed by atoms with Gasteiger partial charge in [0.05, 0.1) is 23.1 Å². The number of hydrogen-bond acceptors (Lipinski definition) is 3. The maximum atomic E-state index is 13.2. The van der Waals surface area contributed by atoms with Crippen LogP contribution in [0.15, 0.2) is 54.7 Å². The Morgan fingerprint density at radius 3 is 2.45 bits per heavy atom. The molecule has 0 saturated heterocycles. The number of nitrogens with zero attached hydrogens (tertiary/aromatic N) is 3. The quantitative estimate of drug-likeness (QED) is 0.657. The molecule has 6 heteroatoms. The molecule has 152 valence electrons. The molecule has 2 aromatic carbocycles. The van der Waals surface area contributed by atoms with Gasteiger partial charge in [0, 0.05) is 19.1 Å². The Balaban J connectivity index is 1.72. The molecule has 1 N–H and O–H groups in total. The summed E-state index contributed by atoms with van der Waals surface area (Å²) in [6.07, 6.45) is 1.55. The van der Waals surface area contributed by atoms with Gasteiger partial charge in [-0.15, -0.1) is 0 Å². The van der Waals surface area contributed by atoms with Crippen LogP contribution in [0.5, 0.6) is 0 Å². The van der Waals surface area contributed by atoms with Gasteiger partial charge in [-0.3, -0.25) is 9.69 Å². The van der Waals surface area contributed by atoms with E-state index in [1.165, 1.54) is 17.7 Å². The molecule has 0 radical (unpaired) electrons. The highest BCUT2D eigenvalue weighted by atomic mass is 19.1. The molecule has 0 aliphatic carbocycles. The lowest BCUT2D eigenvalue weighted by Gasteiger charge is -2.22. The largest absolute Gasteiger partial charge is 0.348 e. The summed E-state index contributed by atoms with van der Waals surface area (Å²) in [5, 5.41) is 7.30.